The van der Waals surface area contributed by atoms with Crippen molar-refractivity contribution in [2.45, 2.75) is 19.4 Å². The Labute approximate surface area is 153 Å². The van der Waals surface area contributed by atoms with Crippen molar-refractivity contribution in [3.63, 3.8) is 0 Å². The zero-order valence-electron chi connectivity index (χ0n) is 12.8. The Morgan fingerprint density at radius 3 is 2.33 bits per heavy atom. The largest absolute Gasteiger partial charge is 0.322 e. The molecule has 0 radical (unpaired) electrons. The Balaban J connectivity index is 1.66. The lowest BCUT2D eigenvalue weighted by molar-refractivity contribution is -0.139. The number of hydrogen-bond acceptors (Lipinski definition) is 3. The van der Waals surface area contributed by atoms with Crippen LogP contribution in [0.3, 0.4) is 0 Å². The summed E-state index contributed by atoms with van der Waals surface area (Å²) in [4.78, 5) is 36.8. The van der Waals surface area contributed by atoms with Gasteiger partial charge in [-0.2, -0.15) is 0 Å². The van der Waals surface area contributed by atoms with Crippen molar-refractivity contribution in [3.8, 4) is 0 Å². The van der Waals surface area contributed by atoms with Crippen molar-refractivity contribution in [3.05, 3.63) is 63.2 Å². The lowest BCUT2D eigenvalue weighted by Gasteiger charge is -2.14. The fourth-order valence-electron chi connectivity index (χ4n) is 2.51. The van der Waals surface area contributed by atoms with Crippen LogP contribution in [0.2, 0.25) is 0 Å². The maximum atomic E-state index is 12.3. The molecule has 2 aromatic carbocycles. The van der Waals surface area contributed by atoms with Crippen molar-refractivity contribution in [1.29, 1.82) is 0 Å². The summed E-state index contributed by atoms with van der Waals surface area (Å²) < 4.78 is 1.04. The number of halogens is 1. The number of likely N-dealkylation sites (tertiary alicyclic amines) is 1. The number of amides is 3. The Morgan fingerprint density at radius 2 is 1.71 bits per heavy atom. The van der Waals surface area contributed by atoms with Gasteiger partial charge >= 0.3 is 0 Å². The third kappa shape index (κ3) is 3.81. The van der Waals surface area contributed by atoms with Gasteiger partial charge in [-0.15, -0.1) is 0 Å². The number of hydrogen-bond donors (Lipinski definition) is 1. The van der Waals surface area contributed by atoms with E-state index < -0.39 is 0 Å². The highest BCUT2D eigenvalue weighted by Crippen LogP contribution is 2.17. The van der Waals surface area contributed by atoms with Gasteiger partial charge in [0.15, 0.2) is 0 Å². The summed E-state index contributed by atoms with van der Waals surface area (Å²) >= 11 is 2.19. The van der Waals surface area contributed by atoms with Crippen LogP contribution in [0.4, 0.5) is 5.69 Å². The van der Waals surface area contributed by atoms with Crippen LogP contribution in [0.25, 0.3) is 0 Å². The molecular weight excluding hydrogens is 419 g/mol. The molecule has 122 valence electrons. The standard InChI is InChI=1S/C18H15IN2O3/c19-14-2-1-3-15(10-14)20-18(24)13-6-4-12(5-7-13)11-21-16(22)8-9-17(21)23/h1-7,10H,8-9,11H2,(H,20,24). The molecule has 0 aliphatic carbocycles. The minimum Gasteiger partial charge on any atom is -0.322 e. The molecule has 1 heterocycles. The van der Waals surface area contributed by atoms with Gasteiger partial charge in [-0.25, -0.2) is 0 Å². The number of imide groups is 1. The van der Waals surface area contributed by atoms with E-state index in [1.807, 2.05) is 24.3 Å². The Kier molecular flexibility index (Phi) is 4.94. The first-order valence-electron chi connectivity index (χ1n) is 7.52. The molecule has 0 saturated carbocycles. The molecule has 0 atom stereocenters. The van der Waals surface area contributed by atoms with Gasteiger partial charge in [0.05, 0.1) is 6.54 Å². The van der Waals surface area contributed by atoms with E-state index in [1.165, 1.54) is 4.90 Å². The monoisotopic (exact) mass is 434 g/mol. The summed E-state index contributed by atoms with van der Waals surface area (Å²) in [7, 11) is 0. The van der Waals surface area contributed by atoms with Gasteiger partial charge in [-0.3, -0.25) is 19.3 Å². The number of nitrogens with one attached hydrogen (secondary N) is 1. The number of rotatable bonds is 4. The van der Waals surface area contributed by atoms with E-state index in [9.17, 15) is 14.4 Å². The van der Waals surface area contributed by atoms with E-state index in [1.54, 1.807) is 24.3 Å². The lowest BCUT2D eigenvalue weighted by atomic mass is 10.1. The van der Waals surface area contributed by atoms with E-state index in [-0.39, 0.29) is 37.1 Å². The fraction of sp³-hybridized carbons (Fsp3) is 0.167. The van der Waals surface area contributed by atoms with Crippen molar-refractivity contribution in [2.24, 2.45) is 0 Å². The minimum absolute atomic E-state index is 0.138. The fourth-order valence-corrected chi connectivity index (χ4v) is 3.06. The van der Waals surface area contributed by atoms with Gasteiger partial charge in [0.1, 0.15) is 0 Å². The Hall–Kier alpha value is -2.22. The zero-order chi connectivity index (χ0) is 17.1. The third-order valence-corrected chi connectivity index (χ3v) is 4.47. The maximum Gasteiger partial charge on any atom is 0.255 e. The van der Waals surface area contributed by atoms with Gasteiger partial charge in [0.25, 0.3) is 5.91 Å². The molecule has 1 fully saturated rings. The van der Waals surface area contributed by atoms with E-state index in [0.29, 0.717) is 5.56 Å². The van der Waals surface area contributed by atoms with Gasteiger partial charge in [0, 0.05) is 27.7 Å². The topological polar surface area (TPSA) is 66.5 Å². The molecule has 1 aliphatic rings. The van der Waals surface area contributed by atoms with E-state index in [0.717, 1.165) is 14.8 Å². The van der Waals surface area contributed by atoms with Crippen molar-refractivity contribution in [2.75, 3.05) is 5.32 Å². The maximum absolute atomic E-state index is 12.3. The second-order valence-corrected chi connectivity index (χ2v) is 6.78. The molecule has 0 spiro atoms. The molecule has 1 N–H and O–H groups in total. The normalized spacial score (nSPS) is 14.1. The van der Waals surface area contributed by atoms with Gasteiger partial charge in [0.2, 0.25) is 11.8 Å². The highest BCUT2D eigenvalue weighted by atomic mass is 127. The zero-order valence-corrected chi connectivity index (χ0v) is 14.9. The third-order valence-electron chi connectivity index (χ3n) is 3.79. The van der Waals surface area contributed by atoms with Crippen LogP contribution in [0, 0.1) is 3.57 Å². The smallest absolute Gasteiger partial charge is 0.255 e. The molecule has 0 bridgehead atoms. The summed E-state index contributed by atoms with van der Waals surface area (Å²) in [6, 6.07) is 14.5. The van der Waals surface area contributed by atoms with Crippen LogP contribution in [0.5, 0.6) is 0 Å². The number of nitrogens with zero attached hydrogens (tertiary/aromatic N) is 1. The van der Waals surface area contributed by atoms with Crippen LogP contribution in [0.15, 0.2) is 48.5 Å². The number of carbonyl (C=O) groups excluding carboxylic acids is 3. The molecule has 24 heavy (non-hydrogen) atoms. The van der Waals surface area contributed by atoms with Crippen molar-refractivity contribution < 1.29 is 14.4 Å². The molecule has 0 aromatic heterocycles. The summed E-state index contributed by atoms with van der Waals surface area (Å²) in [5.41, 5.74) is 2.09. The number of benzene rings is 2. The summed E-state index contributed by atoms with van der Waals surface area (Å²) in [5.74, 6) is -0.474. The first-order valence-corrected chi connectivity index (χ1v) is 8.60. The molecule has 1 aliphatic heterocycles. The summed E-state index contributed by atoms with van der Waals surface area (Å²) in [5, 5.41) is 2.84. The van der Waals surface area contributed by atoms with E-state index in [2.05, 4.69) is 27.9 Å². The number of anilines is 1. The highest BCUT2D eigenvalue weighted by molar-refractivity contribution is 14.1. The highest BCUT2D eigenvalue weighted by Gasteiger charge is 2.28. The van der Waals surface area contributed by atoms with Crippen molar-refractivity contribution >= 4 is 46.0 Å². The minimum atomic E-state index is -0.197. The average Bonchev–Trinajstić information content (AvgIpc) is 2.87. The summed E-state index contributed by atoms with van der Waals surface area (Å²) in [6.45, 7) is 0.260. The molecule has 2 aromatic rings. The molecule has 6 heteroatoms. The number of carbonyl (C=O) groups is 3. The SMILES string of the molecule is O=C(Nc1cccc(I)c1)c1ccc(CN2C(=O)CCC2=O)cc1. The first-order chi connectivity index (χ1) is 11.5. The van der Waals surface area contributed by atoms with E-state index >= 15 is 0 Å². The van der Waals surface area contributed by atoms with Crippen LogP contribution in [-0.2, 0) is 16.1 Å². The molecule has 3 rings (SSSR count). The first kappa shape index (κ1) is 16.6. The molecule has 1 saturated heterocycles. The van der Waals surface area contributed by atoms with Gasteiger partial charge in [-0.1, -0.05) is 18.2 Å². The second-order valence-electron chi connectivity index (χ2n) is 5.54. The Morgan fingerprint density at radius 1 is 1.04 bits per heavy atom. The summed E-state index contributed by atoms with van der Waals surface area (Å²) in [6.07, 6.45) is 0.574. The van der Waals surface area contributed by atoms with E-state index in [4.69, 9.17) is 0 Å². The predicted molar refractivity (Wildman–Crippen MR) is 98.3 cm³/mol. The lowest BCUT2D eigenvalue weighted by Crippen LogP contribution is -2.28. The predicted octanol–water partition coefficient (Wildman–Crippen LogP) is 3.19. The molecule has 3 amide bonds. The van der Waals surface area contributed by atoms with Crippen molar-refractivity contribution in [1.82, 2.24) is 4.90 Å². The van der Waals surface area contributed by atoms with Crippen LogP contribution < -0.4 is 5.32 Å². The molecule has 0 unspecified atom stereocenters. The van der Waals surface area contributed by atoms with Crippen LogP contribution in [0.1, 0.15) is 28.8 Å². The van der Waals surface area contributed by atoms with Gasteiger partial charge in [-0.05, 0) is 58.5 Å². The molecular formula is C18H15IN2O3. The molecule has 5 nitrogen and oxygen atoms in total. The van der Waals surface area contributed by atoms with Gasteiger partial charge < -0.3 is 5.32 Å². The van der Waals surface area contributed by atoms with Crippen LogP contribution >= 0.6 is 22.6 Å². The average molecular weight is 434 g/mol. The Bertz CT molecular complexity index is 786. The van der Waals surface area contributed by atoms with Crippen LogP contribution in [-0.4, -0.2) is 22.6 Å². The quantitative estimate of drug-likeness (QED) is 0.594. The second kappa shape index (κ2) is 7.12.